The lowest BCUT2D eigenvalue weighted by molar-refractivity contribution is -0.137. The third-order valence-electron chi connectivity index (χ3n) is 1.81. The molecule has 0 aromatic heterocycles. The second kappa shape index (κ2) is 4.93. The number of carbonyl (C=O) groups excluding carboxylic acids is 1. The van der Waals surface area contributed by atoms with Gasteiger partial charge in [-0.15, -0.1) is 0 Å². The van der Waals surface area contributed by atoms with E-state index in [0.29, 0.717) is 6.61 Å². The van der Waals surface area contributed by atoms with Crippen LogP contribution < -0.4 is 5.32 Å². The van der Waals surface area contributed by atoms with Crippen LogP contribution in [-0.4, -0.2) is 25.7 Å². The van der Waals surface area contributed by atoms with E-state index >= 15 is 0 Å². The number of hydrogen-bond donors (Lipinski definition) is 1. The topological polar surface area (TPSA) is 38.3 Å². The maximum absolute atomic E-state index is 11.0. The molecule has 12 heavy (non-hydrogen) atoms. The van der Waals surface area contributed by atoms with E-state index in [2.05, 4.69) is 5.32 Å². The fourth-order valence-electron chi connectivity index (χ4n) is 1.25. The van der Waals surface area contributed by atoms with Crippen molar-refractivity contribution in [3.63, 3.8) is 0 Å². The van der Waals surface area contributed by atoms with E-state index in [0.717, 1.165) is 31.5 Å². The Kier molecular flexibility index (Phi) is 3.80. The fourth-order valence-corrected chi connectivity index (χ4v) is 1.25. The molecule has 0 aromatic carbocycles. The molecule has 0 aromatic rings. The summed E-state index contributed by atoms with van der Waals surface area (Å²) in [7, 11) is 0. The summed E-state index contributed by atoms with van der Waals surface area (Å²) < 4.78 is 4.80. The molecule has 3 heteroatoms. The highest BCUT2D eigenvalue weighted by molar-refractivity contribution is 5.82. The quantitative estimate of drug-likeness (QED) is 0.492. The van der Waals surface area contributed by atoms with Gasteiger partial charge >= 0.3 is 5.97 Å². The minimum absolute atomic E-state index is 0.212. The highest BCUT2D eigenvalue weighted by Gasteiger charge is 2.06. The van der Waals surface area contributed by atoms with Gasteiger partial charge in [0.05, 0.1) is 6.61 Å². The lowest BCUT2D eigenvalue weighted by Gasteiger charge is -2.14. The van der Waals surface area contributed by atoms with Crippen LogP contribution in [0.15, 0.2) is 11.6 Å². The number of esters is 1. The Bertz CT molecular complexity index is 179. The molecule has 0 atom stereocenters. The SMILES string of the molecule is CCOC(=O)/C=C1\CCCNC1. The van der Waals surface area contributed by atoms with Crippen molar-refractivity contribution in [1.29, 1.82) is 0 Å². The van der Waals surface area contributed by atoms with Crippen LogP contribution in [0, 0.1) is 0 Å². The van der Waals surface area contributed by atoms with Crippen molar-refractivity contribution in [2.45, 2.75) is 19.8 Å². The summed E-state index contributed by atoms with van der Waals surface area (Å²) in [4.78, 5) is 11.0. The molecule has 0 aliphatic carbocycles. The first-order chi connectivity index (χ1) is 5.83. The third kappa shape index (κ3) is 3.05. The van der Waals surface area contributed by atoms with Crippen molar-refractivity contribution in [1.82, 2.24) is 5.32 Å². The first kappa shape index (κ1) is 9.26. The Hall–Kier alpha value is -0.830. The van der Waals surface area contributed by atoms with Crippen LogP contribution in [-0.2, 0) is 9.53 Å². The minimum atomic E-state index is -0.212. The van der Waals surface area contributed by atoms with E-state index < -0.39 is 0 Å². The number of rotatable bonds is 2. The van der Waals surface area contributed by atoms with Crippen LogP contribution in [0.3, 0.4) is 0 Å². The second-order valence-corrected chi connectivity index (χ2v) is 2.83. The number of ether oxygens (including phenoxy) is 1. The normalized spacial score (nSPS) is 20.9. The molecule has 1 aliphatic heterocycles. The summed E-state index contributed by atoms with van der Waals surface area (Å²) in [6, 6.07) is 0. The lowest BCUT2D eigenvalue weighted by Crippen LogP contribution is -2.24. The fraction of sp³-hybridized carbons (Fsp3) is 0.667. The van der Waals surface area contributed by atoms with E-state index in [1.807, 2.05) is 6.92 Å². The van der Waals surface area contributed by atoms with Gasteiger partial charge in [-0.2, -0.15) is 0 Å². The van der Waals surface area contributed by atoms with E-state index in [-0.39, 0.29) is 5.97 Å². The summed E-state index contributed by atoms with van der Waals surface area (Å²) in [5.41, 5.74) is 1.15. The zero-order valence-corrected chi connectivity index (χ0v) is 7.43. The molecule has 1 N–H and O–H groups in total. The number of carbonyl (C=O) groups is 1. The largest absolute Gasteiger partial charge is 0.463 e. The average Bonchev–Trinajstić information content (AvgIpc) is 2.06. The van der Waals surface area contributed by atoms with Gasteiger partial charge < -0.3 is 10.1 Å². The molecule has 1 saturated heterocycles. The van der Waals surface area contributed by atoms with Crippen molar-refractivity contribution in [3.8, 4) is 0 Å². The Morgan fingerprint density at radius 3 is 3.17 bits per heavy atom. The van der Waals surface area contributed by atoms with Crippen molar-refractivity contribution in [2.75, 3.05) is 19.7 Å². The molecule has 0 bridgehead atoms. The van der Waals surface area contributed by atoms with E-state index in [9.17, 15) is 4.79 Å². The summed E-state index contributed by atoms with van der Waals surface area (Å²) in [5.74, 6) is -0.212. The lowest BCUT2D eigenvalue weighted by atomic mass is 10.1. The van der Waals surface area contributed by atoms with Crippen LogP contribution >= 0.6 is 0 Å². The van der Waals surface area contributed by atoms with Crippen molar-refractivity contribution in [2.24, 2.45) is 0 Å². The highest BCUT2D eigenvalue weighted by atomic mass is 16.5. The Labute approximate surface area is 72.8 Å². The van der Waals surface area contributed by atoms with E-state index in [1.165, 1.54) is 0 Å². The maximum atomic E-state index is 11.0. The molecule has 3 nitrogen and oxygen atoms in total. The monoisotopic (exact) mass is 169 g/mol. The molecule has 0 unspecified atom stereocenters. The van der Waals surface area contributed by atoms with E-state index in [4.69, 9.17) is 4.74 Å². The summed E-state index contributed by atoms with van der Waals surface area (Å²) in [6.45, 7) is 4.16. The summed E-state index contributed by atoms with van der Waals surface area (Å²) in [6.07, 6.45) is 3.74. The highest BCUT2D eigenvalue weighted by Crippen LogP contribution is 2.07. The Morgan fingerprint density at radius 2 is 2.58 bits per heavy atom. The van der Waals surface area contributed by atoms with E-state index in [1.54, 1.807) is 6.08 Å². The predicted molar refractivity (Wildman–Crippen MR) is 46.8 cm³/mol. The van der Waals surface area contributed by atoms with Gasteiger partial charge in [0.1, 0.15) is 0 Å². The van der Waals surface area contributed by atoms with Gasteiger partial charge in [0.15, 0.2) is 0 Å². The molecule has 1 fully saturated rings. The van der Waals surface area contributed by atoms with Crippen molar-refractivity contribution in [3.05, 3.63) is 11.6 Å². The number of piperidine rings is 1. The number of nitrogens with one attached hydrogen (secondary N) is 1. The molecule has 0 radical (unpaired) electrons. The second-order valence-electron chi connectivity index (χ2n) is 2.83. The van der Waals surface area contributed by atoms with Crippen molar-refractivity contribution >= 4 is 5.97 Å². The van der Waals surface area contributed by atoms with Gasteiger partial charge in [-0.3, -0.25) is 0 Å². The first-order valence-corrected chi connectivity index (χ1v) is 4.40. The molecular formula is C9H15NO2. The van der Waals surface area contributed by atoms with Gasteiger partial charge in [-0.05, 0) is 31.9 Å². The molecule has 0 saturated carbocycles. The smallest absolute Gasteiger partial charge is 0.330 e. The molecule has 1 rings (SSSR count). The van der Waals surface area contributed by atoms with Crippen LogP contribution in [0.5, 0.6) is 0 Å². The van der Waals surface area contributed by atoms with Gasteiger partial charge in [-0.1, -0.05) is 0 Å². The molecule has 0 amide bonds. The predicted octanol–water partition coefficient (Wildman–Crippen LogP) is 0.859. The average molecular weight is 169 g/mol. The summed E-state index contributed by atoms with van der Waals surface area (Å²) >= 11 is 0. The van der Waals surface area contributed by atoms with Gasteiger partial charge in [0.2, 0.25) is 0 Å². The van der Waals surface area contributed by atoms with Gasteiger partial charge in [0, 0.05) is 12.6 Å². The molecule has 1 aliphatic rings. The van der Waals surface area contributed by atoms with Crippen LogP contribution in [0.4, 0.5) is 0 Å². The standard InChI is InChI=1S/C9H15NO2/c1-2-12-9(11)6-8-4-3-5-10-7-8/h6,10H,2-5,7H2,1H3/b8-6+. The van der Waals surface area contributed by atoms with Gasteiger partial charge in [-0.25, -0.2) is 4.79 Å². The van der Waals surface area contributed by atoms with Crippen LogP contribution in [0.25, 0.3) is 0 Å². The molecule has 1 heterocycles. The zero-order valence-electron chi connectivity index (χ0n) is 7.43. The van der Waals surface area contributed by atoms with Gasteiger partial charge in [0.25, 0.3) is 0 Å². The van der Waals surface area contributed by atoms with Crippen molar-refractivity contribution < 1.29 is 9.53 Å². The summed E-state index contributed by atoms with van der Waals surface area (Å²) in [5, 5.41) is 3.21. The molecule has 68 valence electrons. The Balaban J connectivity index is 2.37. The Morgan fingerprint density at radius 1 is 1.75 bits per heavy atom. The molecular weight excluding hydrogens is 154 g/mol. The third-order valence-corrected chi connectivity index (χ3v) is 1.81. The minimum Gasteiger partial charge on any atom is -0.463 e. The zero-order chi connectivity index (χ0) is 8.81. The first-order valence-electron chi connectivity index (χ1n) is 4.40. The molecule has 0 spiro atoms. The maximum Gasteiger partial charge on any atom is 0.330 e. The van der Waals surface area contributed by atoms with Crippen LogP contribution in [0.2, 0.25) is 0 Å². The van der Waals surface area contributed by atoms with Crippen LogP contribution in [0.1, 0.15) is 19.8 Å². The number of hydrogen-bond acceptors (Lipinski definition) is 3.